The molecule has 1 aliphatic rings. The van der Waals surface area contributed by atoms with Crippen LogP contribution in [0.3, 0.4) is 0 Å². The lowest BCUT2D eigenvalue weighted by Crippen LogP contribution is -2.13. The standard InChI is InChI=1S/C23H19Cl2N7OS/c1-32-19-14(29-23(32)30-18-11(24)4-2-5-12(18)25)8-7-13-17(19)21(33)31-20(27-13)16-10-34-22(28-16)15-6-3-9-26-15/h2,4-5,7-8,10,15,26H,3,6,9H2,1H3,(H,29,30)(H,27,31,33)/t15-/m1/s1. The van der Waals surface area contributed by atoms with Gasteiger partial charge in [-0.3, -0.25) is 4.79 Å². The van der Waals surface area contributed by atoms with Crippen molar-refractivity contribution in [2.45, 2.75) is 18.9 Å². The van der Waals surface area contributed by atoms with Crippen molar-refractivity contribution in [2.24, 2.45) is 7.05 Å². The Morgan fingerprint density at radius 1 is 1.12 bits per heavy atom. The van der Waals surface area contributed by atoms with Crippen molar-refractivity contribution < 1.29 is 0 Å². The molecule has 0 unspecified atom stereocenters. The minimum Gasteiger partial charge on any atom is -0.323 e. The van der Waals surface area contributed by atoms with Gasteiger partial charge in [-0.15, -0.1) is 11.3 Å². The van der Waals surface area contributed by atoms with Crippen molar-refractivity contribution in [3.05, 3.63) is 61.1 Å². The maximum atomic E-state index is 13.2. The van der Waals surface area contributed by atoms with Crippen LogP contribution in [-0.2, 0) is 7.05 Å². The second-order valence-corrected chi connectivity index (χ2v) is 9.88. The molecule has 2 aromatic carbocycles. The van der Waals surface area contributed by atoms with Crippen molar-refractivity contribution in [1.29, 1.82) is 0 Å². The Kier molecular flexibility index (Phi) is 5.29. The fourth-order valence-corrected chi connectivity index (χ4v) is 5.75. The molecule has 5 aromatic rings. The number of benzene rings is 2. The zero-order valence-electron chi connectivity index (χ0n) is 18.0. The first-order valence-corrected chi connectivity index (χ1v) is 12.4. The summed E-state index contributed by atoms with van der Waals surface area (Å²) in [5.74, 6) is 0.967. The zero-order valence-corrected chi connectivity index (χ0v) is 20.4. The molecule has 1 aliphatic heterocycles. The summed E-state index contributed by atoms with van der Waals surface area (Å²) in [7, 11) is 1.83. The van der Waals surface area contributed by atoms with E-state index in [0.717, 1.165) is 24.4 Å². The Hall–Kier alpha value is -2.98. The van der Waals surface area contributed by atoms with Gasteiger partial charge in [-0.25, -0.2) is 15.0 Å². The molecule has 0 radical (unpaired) electrons. The van der Waals surface area contributed by atoms with Crippen molar-refractivity contribution in [2.75, 3.05) is 11.9 Å². The van der Waals surface area contributed by atoms with E-state index in [2.05, 4.69) is 20.6 Å². The molecule has 0 spiro atoms. The number of hydrogen-bond acceptors (Lipinski definition) is 7. The minimum absolute atomic E-state index is 0.246. The number of hydrogen-bond donors (Lipinski definition) is 3. The molecule has 0 bridgehead atoms. The topological polar surface area (TPSA) is 101 Å². The van der Waals surface area contributed by atoms with Gasteiger partial charge in [0.1, 0.15) is 10.7 Å². The van der Waals surface area contributed by atoms with Crippen LogP contribution in [0, 0.1) is 0 Å². The van der Waals surface area contributed by atoms with Gasteiger partial charge in [-0.1, -0.05) is 29.3 Å². The van der Waals surface area contributed by atoms with E-state index in [-0.39, 0.29) is 11.6 Å². The van der Waals surface area contributed by atoms with E-state index in [1.165, 1.54) is 0 Å². The van der Waals surface area contributed by atoms with Gasteiger partial charge in [-0.2, -0.15) is 0 Å². The van der Waals surface area contributed by atoms with E-state index < -0.39 is 0 Å². The van der Waals surface area contributed by atoms with Crippen LogP contribution in [-0.4, -0.2) is 31.0 Å². The molecule has 0 amide bonds. The highest BCUT2D eigenvalue weighted by Gasteiger charge is 2.21. The van der Waals surface area contributed by atoms with E-state index >= 15 is 0 Å². The van der Waals surface area contributed by atoms with Gasteiger partial charge in [0, 0.05) is 12.4 Å². The third-order valence-corrected chi connectivity index (χ3v) is 7.62. The first-order chi connectivity index (χ1) is 16.5. The Bertz CT molecular complexity index is 1600. The lowest BCUT2D eigenvalue weighted by Gasteiger charge is -2.10. The Labute approximate surface area is 208 Å². The van der Waals surface area contributed by atoms with Crippen LogP contribution in [0.5, 0.6) is 0 Å². The maximum absolute atomic E-state index is 13.2. The molecule has 1 fully saturated rings. The molecule has 8 nitrogen and oxygen atoms in total. The highest BCUT2D eigenvalue weighted by Crippen LogP contribution is 2.34. The van der Waals surface area contributed by atoms with Crippen LogP contribution in [0.15, 0.2) is 40.5 Å². The first-order valence-electron chi connectivity index (χ1n) is 10.8. The number of para-hydroxylation sites is 1. The number of nitrogens with zero attached hydrogens (tertiary/aromatic N) is 4. The SMILES string of the molecule is Cn1c(Nc2c(Cl)cccc2Cl)nc2ccc3nc(-c4csc([C@H]5CCCN5)n4)[nH]c(=O)c3c21. The van der Waals surface area contributed by atoms with E-state index in [1.807, 2.05) is 24.6 Å². The summed E-state index contributed by atoms with van der Waals surface area (Å²) in [5, 5.41) is 11.0. The summed E-state index contributed by atoms with van der Waals surface area (Å²) < 4.78 is 1.81. The Balaban J connectivity index is 1.44. The summed E-state index contributed by atoms with van der Waals surface area (Å²) in [6.07, 6.45) is 2.22. The number of aryl methyl sites for hydroxylation is 1. The van der Waals surface area contributed by atoms with E-state index in [0.29, 0.717) is 55.1 Å². The van der Waals surface area contributed by atoms with Gasteiger partial charge in [0.15, 0.2) is 5.82 Å². The molecule has 1 atom stereocenters. The highest BCUT2D eigenvalue weighted by molar-refractivity contribution is 7.10. The van der Waals surface area contributed by atoms with Crippen molar-refractivity contribution in [3.8, 4) is 11.5 Å². The molecular weight excluding hydrogens is 493 g/mol. The number of aromatic amines is 1. The Morgan fingerprint density at radius 2 is 1.91 bits per heavy atom. The summed E-state index contributed by atoms with van der Waals surface area (Å²) in [6, 6.07) is 9.20. The molecule has 0 saturated carbocycles. The Morgan fingerprint density at radius 3 is 2.68 bits per heavy atom. The molecule has 6 rings (SSSR count). The number of fused-ring (bicyclic) bond motifs is 3. The van der Waals surface area contributed by atoms with Crippen LogP contribution in [0.4, 0.5) is 11.6 Å². The number of anilines is 2. The molecule has 11 heteroatoms. The quantitative estimate of drug-likeness (QED) is 0.298. The number of rotatable bonds is 4. The third-order valence-electron chi connectivity index (χ3n) is 6.03. The number of thiazole rings is 1. The normalized spacial score (nSPS) is 16.0. The predicted octanol–water partition coefficient (Wildman–Crippen LogP) is 5.41. The van der Waals surface area contributed by atoms with E-state index in [1.54, 1.807) is 34.1 Å². The molecule has 3 N–H and O–H groups in total. The highest BCUT2D eigenvalue weighted by atomic mass is 35.5. The van der Waals surface area contributed by atoms with Crippen LogP contribution in [0.2, 0.25) is 10.0 Å². The number of halogens is 2. The summed E-state index contributed by atoms with van der Waals surface area (Å²) in [5.41, 5.74) is 2.88. The maximum Gasteiger partial charge on any atom is 0.261 e. The summed E-state index contributed by atoms with van der Waals surface area (Å²) in [4.78, 5) is 30.3. The number of nitrogens with one attached hydrogen (secondary N) is 3. The molecule has 1 saturated heterocycles. The molecule has 34 heavy (non-hydrogen) atoms. The second kappa shape index (κ2) is 8.35. The first kappa shape index (κ1) is 21.5. The van der Waals surface area contributed by atoms with Crippen LogP contribution < -0.4 is 16.2 Å². The van der Waals surface area contributed by atoms with Gasteiger partial charge in [0.2, 0.25) is 5.95 Å². The number of imidazole rings is 1. The summed E-state index contributed by atoms with van der Waals surface area (Å²) >= 11 is 14.2. The lowest BCUT2D eigenvalue weighted by atomic mass is 10.2. The zero-order chi connectivity index (χ0) is 23.4. The van der Waals surface area contributed by atoms with Gasteiger partial charge >= 0.3 is 0 Å². The van der Waals surface area contributed by atoms with Crippen LogP contribution >= 0.6 is 34.5 Å². The fraction of sp³-hybridized carbons (Fsp3) is 0.217. The average molecular weight is 512 g/mol. The number of H-pyrrole nitrogens is 1. The van der Waals surface area contributed by atoms with Gasteiger partial charge in [0.05, 0.1) is 43.7 Å². The van der Waals surface area contributed by atoms with Gasteiger partial charge < -0.3 is 20.2 Å². The van der Waals surface area contributed by atoms with Gasteiger partial charge in [0.25, 0.3) is 5.56 Å². The average Bonchev–Trinajstić information content (AvgIpc) is 3.57. The molecular formula is C23H19Cl2N7OS. The largest absolute Gasteiger partial charge is 0.323 e. The molecule has 4 heterocycles. The van der Waals surface area contributed by atoms with Crippen molar-refractivity contribution >= 4 is 68.1 Å². The molecule has 172 valence electrons. The monoisotopic (exact) mass is 511 g/mol. The van der Waals surface area contributed by atoms with Gasteiger partial charge in [-0.05, 0) is 43.7 Å². The molecule has 3 aromatic heterocycles. The van der Waals surface area contributed by atoms with E-state index in [9.17, 15) is 4.79 Å². The third kappa shape index (κ3) is 3.56. The minimum atomic E-state index is -0.246. The number of aromatic nitrogens is 5. The van der Waals surface area contributed by atoms with Crippen molar-refractivity contribution in [1.82, 2.24) is 29.8 Å². The smallest absolute Gasteiger partial charge is 0.261 e. The van der Waals surface area contributed by atoms with Crippen molar-refractivity contribution in [3.63, 3.8) is 0 Å². The van der Waals surface area contributed by atoms with Crippen LogP contribution in [0.1, 0.15) is 23.9 Å². The second-order valence-electron chi connectivity index (χ2n) is 8.18. The predicted molar refractivity (Wildman–Crippen MR) is 137 cm³/mol. The van der Waals surface area contributed by atoms with Crippen LogP contribution in [0.25, 0.3) is 33.5 Å². The lowest BCUT2D eigenvalue weighted by molar-refractivity contribution is 0.643. The fourth-order valence-electron chi connectivity index (χ4n) is 4.34. The summed E-state index contributed by atoms with van der Waals surface area (Å²) in [6.45, 7) is 1.00. The van der Waals surface area contributed by atoms with E-state index in [4.69, 9.17) is 33.2 Å². The molecule has 0 aliphatic carbocycles.